The fourth-order valence-electron chi connectivity index (χ4n) is 1.73. The lowest BCUT2D eigenvalue weighted by molar-refractivity contribution is -0.386. The molecule has 2 unspecified atom stereocenters. The van der Waals surface area contributed by atoms with Crippen molar-refractivity contribution in [1.82, 2.24) is 0 Å². The summed E-state index contributed by atoms with van der Waals surface area (Å²) in [6.45, 7) is 1.86. The fraction of sp³-hybridized carbons (Fsp3) is 0.455. The smallest absolute Gasteiger partial charge is 0.275 e. The summed E-state index contributed by atoms with van der Waals surface area (Å²) < 4.78 is 0. The lowest BCUT2D eigenvalue weighted by Crippen LogP contribution is -2.23. The minimum Gasteiger partial charge on any atom is -0.390 e. The van der Waals surface area contributed by atoms with Gasteiger partial charge in [0, 0.05) is 6.07 Å². The number of aliphatic hydroxyl groups excluding tert-OH is 2. The number of nitro benzene ring substituents is 1. The number of rotatable bonds is 5. The maximum atomic E-state index is 10.8. The highest BCUT2D eigenvalue weighted by Gasteiger charge is 2.27. The van der Waals surface area contributed by atoms with E-state index in [-0.39, 0.29) is 24.2 Å². The third-order valence-corrected chi connectivity index (χ3v) is 2.62. The molecule has 0 bridgehead atoms. The second-order valence-electron chi connectivity index (χ2n) is 3.85. The van der Waals surface area contributed by atoms with Gasteiger partial charge in [-0.3, -0.25) is 10.1 Å². The van der Waals surface area contributed by atoms with Crippen molar-refractivity contribution in [2.75, 3.05) is 6.54 Å². The van der Waals surface area contributed by atoms with Gasteiger partial charge >= 0.3 is 0 Å². The molecule has 0 aliphatic carbocycles. The van der Waals surface area contributed by atoms with Crippen LogP contribution >= 0.6 is 0 Å². The van der Waals surface area contributed by atoms with Gasteiger partial charge in [-0.2, -0.15) is 0 Å². The van der Waals surface area contributed by atoms with Crippen molar-refractivity contribution in [2.45, 2.75) is 25.6 Å². The van der Waals surface area contributed by atoms with E-state index in [2.05, 4.69) is 0 Å². The minimum atomic E-state index is -1.29. The van der Waals surface area contributed by atoms with E-state index in [1.807, 2.05) is 0 Å². The number of hydrogen-bond acceptors (Lipinski definition) is 5. The first-order valence-electron chi connectivity index (χ1n) is 5.29. The first kappa shape index (κ1) is 13.6. The van der Waals surface area contributed by atoms with Crippen LogP contribution in [0.3, 0.4) is 0 Å². The molecule has 0 aliphatic heterocycles. The van der Waals surface area contributed by atoms with Gasteiger partial charge in [0.05, 0.1) is 16.6 Å². The third kappa shape index (κ3) is 3.00. The number of benzene rings is 1. The molecule has 2 atom stereocenters. The largest absolute Gasteiger partial charge is 0.390 e. The Kier molecular flexibility index (Phi) is 4.56. The number of aryl methyl sites for hydroxylation is 1. The zero-order chi connectivity index (χ0) is 13.0. The lowest BCUT2D eigenvalue weighted by Gasteiger charge is -2.19. The van der Waals surface area contributed by atoms with Crippen LogP contribution in [0.15, 0.2) is 18.2 Å². The molecule has 6 heteroatoms. The van der Waals surface area contributed by atoms with E-state index in [0.717, 1.165) is 0 Å². The van der Waals surface area contributed by atoms with Crippen LogP contribution in [-0.2, 0) is 0 Å². The van der Waals surface area contributed by atoms with Crippen molar-refractivity contribution in [3.63, 3.8) is 0 Å². The molecule has 0 heterocycles. The zero-order valence-corrected chi connectivity index (χ0v) is 9.54. The Bertz CT molecular complexity index is 408. The van der Waals surface area contributed by atoms with Gasteiger partial charge < -0.3 is 15.9 Å². The minimum absolute atomic E-state index is 0.151. The molecular formula is C11H16N2O4. The summed E-state index contributed by atoms with van der Waals surface area (Å²) in [5, 5.41) is 30.4. The molecule has 1 aromatic carbocycles. The summed E-state index contributed by atoms with van der Waals surface area (Å²) in [6.07, 6.45) is -2.20. The Hall–Kier alpha value is -1.50. The normalized spacial score (nSPS) is 14.4. The molecule has 94 valence electrons. The molecule has 0 amide bonds. The summed E-state index contributed by atoms with van der Waals surface area (Å²) in [5.74, 6) is 0. The van der Waals surface area contributed by atoms with Gasteiger partial charge in [0.15, 0.2) is 0 Å². The van der Waals surface area contributed by atoms with Crippen LogP contribution in [0.4, 0.5) is 5.69 Å². The van der Waals surface area contributed by atoms with E-state index in [9.17, 15) is 20.3 Å². The van der Waals surface area contributed by atoms with Crippen LogP contribution in [0.2, 0.25) is 0 Å². The summed E-state index contributed by atoms with van der Waals surface area (Å²) in [6, 6.07) is 4.50. The number of nitrogens with two attached hydrogens (primary N) is 1. The standard InChI is InChI=1S/C11H16N2O4/c1-7-3-2-4-8(13(16)17)10(7)11(15)9(14)5-6-12/h2-4,9,11,14-15H,5-6,12H2,1H3. The first-order chi connectivity index (χ1) is 7.99. The Morgan fingerprint density at radius 2 is 2.12 bits per heavy atom. The summed E-state index contributed by atoms with van der Waals surface area (Å²) in [4.78, 5) is 10.3. The van der Waals surface area contributed by atoms with Crippen LogP contribution in [-0.4, -0.2) is 27.8 Å². The van der Waals surface area contributed by atoms with E-state index < -0.39 is 17.1 Å². The molecule has 0 fully saturated rings. The Balaban J connectivity index is 3.15. The number of nitrogens with zero attached hydrogens (tertiary/aromatic N) is 1. The molecule has 0 saturated carbocycles. The highest BCUT2D eigenvalue weighted by molar-refractivity contribution is 5.46. The molecule has 1 rings (SSSR count). The Morgan fingerprint density at radius 1 is 1.47 bits per heavy atom. The quantitative estimate of drug-likeness (QED) is 0.517. The monoisotopic (exact) mass is 240 g/mol. The van der Waals surface area contributed by atoms with Crippen LogP contribution in [0.5, 0.6) is 0 Å². The van der Waals surface area contributed by atoms with Crippen molar-refractivity contribution in [3.05, 3.63) is 39.4 Å². The molecule has 4 N–H and O–H groups in total. The predicted molar refractivity (Wildman–Crippen MR) is 62.5 cm³/mol. The van der Waals surface area contributed by atoms with Gasteiger partial charge in [-0.05, 0) is 25.5 Å². The van der Waals surface area contributed by atoms with Crippen molar-refractivity contribution < 1.29 is 15.1 Å². The van der Waals surface area contributed by atoms with Gasteiger partial charge in [0.1, 0.15) is 6.10 Å². The van der Waals surface area contributed by atoms with Crippen LogP contribution < -0.4 is 5.73 Å². The summed E-state index contributed by atoms with van der Waals surface area (Å²) in [5.41, 5.74) is 5.81. The van der Waals surface area contributed by atoms with Gasteiger partial charge in [-0.25, -0.2) is 0 Å². The summed E-state index contributed by atoms with van der Waals surface area (Å²) in [7, 11) is 0. The van der Waals surface area contributed by atoms with E-state index in [0.29, 0.717) is 5.56 Å². The van der Waals surface area contributed by atoms with E-state index in [1.54, 1.807) is 19.1 Å². The zero-order valence-electron chi connectivity index (χ0n) is 9.54. The molecule has 0 radical (unpaired) electrons. The number of nitro groups is 1. The summed E-state index contributed by atoms with van der Waals surface area (Å²) >= 11 is 0. The Labute approximate surface area is 98.8 Å². The molecule has 1 aromatic rings. The maximum absolute atomic E-state index is 10.8. The van der Waals surface area contributed by atoms with Crippen LogP contribution in [0.25, 0.3) is 0 Å². The number of aliphatic hydroxyl groups is 2. The van der Waals surface area contributed by atoms with Crippen LogP contribution in [0.1, 0.15) is 23.7 Å². The third-order valence-electron chi connectivity index (χ3n) is 2.62. The highest BCUT2D eigenvalue weighted by Crippen LogP contribution is 2.30. The molecule has 0 aliphatic rings. The van der Waals surface area contributed by atoms with Gasteiger partial charge in [-0.15, -0.1) is 0 Å². The average molecular weight is 240 g/mol. The van der Waals surface area contributed by atoms with Gasteiger partial charge in [0.25, 0.3) is 5.69 Å². The lowest BCUT2D eigenvalue weighted by atomic mass is 9.96. The molecule has 0 saturated heterocycles. The Morgan fingerprint density at radius 3 is 2.65 bits per heavy atom. The van der Waals surface area contributed by atoms with E-state index >= 15 is 0 Å². The maximum Gasteiger partial charge on any atom is 0.275 e. The first-order valence-corrected chi connectivity index (χ1v) is 5.29. The average Bonchev–Trinajstić information content (AvgIpc) is 2.28. The van der Waals surface area contributed by atoms with Crippen molar-refractivity contribution in [2.24, 2.45) is 5.73 Å². The molecule has 0 aromatic heterocycles. The topological polar surface area (TPSA) is 110 Å². The fourth-order valence-corrected chi connectivity index (χ4v) is 1.73. The molecule has 17 heavy (non-hydrogen) atoms. The molecular weight excluding hydrogens is 224 g/mol. The SMILES string of the molecule is Cc1cccc([N+](=O)[O-])c1C(O)C(O)CCN. The van der Waals surface area contributed by atoms with Crippen molar-refractivity contribution >= 4 is 5.69 Å². The molecule has 6 nitrogen and oxygen atoms in total. The highest BCUT2D eigenvalue weighted by atomic mass is 16.6. The van der Waals surface area contributed by atoms with E-state index in [1.165, 1.54) is 6.07 Å². The second kappa shape index (κ2) is 5.72. The van der Waals surface area contributed by atoms with Crippen molar-refractivity contribution in [3.8, 4) is 0 Å². The second-order valence-corrected chi connectivity index (χ2v) is 3.85. The van der Waals surface area contributed by atoms with E-state index in [4.69, 9.17) is 5.73 Å². The number of hydrogen-bond donors (Lipinski definition) is 3. The van der Waals surface area contributed by atoms with Gasteiger partial charge in [-0.1, -0.05) is 12.1 Å². The van der Waals surface area contributed by atoms with Crippen molar-refractivity contribution in [1.29, 1.82) is 0 Å². The van der Waals surface area contributed by atoms with Crippen LogP contribution in [0, 0.1) is 17.0 Å². The van der Waals surface area contributed by atoms with Gasteiger partial charge in [0.2, 0.25) is 0 Å². The predicted octanol–water partition coefficient (Wildman–Crippen LogP) is 0.646. The molecule has 0 spiro atoms.